The van der Waals surface area contributed by atoms with Gasteiger partial charge in [-0.25, -0.2) is 9.97 Å². The number of methoxy groups -OCH3 is 1. The van der Waals surface area contributed by atoms with Crippen LogP contribution in [0, 0.1) is 6.92 Å². The van der Waals surface area contributed by atoms with Crippen LogP contribution >= 0.6 is 0 Å². The first-order chi connectivity index (χ1) is 13.5. The van der Waals surface area contributed by atoms with Crippen LogP contribution in [0.3, 0.4) is 0 Å². The summed E-state index contributed by atoms with van der Waals surface area (Å²) in [5.74, 6) is 1.75. The second kappa shape index (κ2) is 8.29. The third-order valence-corrected chi connectivity index (χ3v) is 4.76. The van der Waals surface area contributed by atoms with Gasteiger partial charge in [-0.3, -0.25) is 4.79 Å². The number of H-pyrrole nitrogens is 1. The molecule has 0 aliphatic rings. The lowest BCUT2D eigenvalue weighted by molar-refractivity contribution is -0.128. The molecule has 1 aromatic carbocycles. The average Bonchev–Trinajstić information content (AvgIpc) is 3.28. The highest BCUT2D eigenvalue weighted by molar-refractivity contribution is 5.81. The Morgan fingerprint density at radius 3 is 2.64 bits per heavy atom. The maximum Gasteiger partial charge on any atom is 0.223 e. The smallest absolute Gasteiger partial charge is 0.223 e. The van der Waals surface area contributed by atoms with Gasteiger partial charge in [-0.05, 0) is 19.1 Å². The molecule has 0 saturated carbocycles. The molecule has 1 amide bonds. The van der Waals surface area contributed by atoms with Crippen molar-refractivity contribution in [3.8, 4) is 28.4 Å². The summed E-state index contributed by atoms with van der Waals surface area (Å²) in [5, 5.41) is 0. The first-order valence-corrected chi connectivity index (χ1v) is 9.40. The molecule has 0 spiro atoms. The Kier molecular flexibility index (Phi) is 5.82. The lowest BCUT2D eigenvalue weighted by Crippen LogP contribution is -2.22. The lowest BCUT2D eigenvalue weighted by atomic mass is 10.1. The minimum Gasteiger partial charge on any atom is -0.496 e. The topological polar surface area (TPSA) is 76.0 Å². The van der Waals surface area contributed by atoms with Crippen molar-refractivity contribution < 1.29 is 9.53 Å². The quantitative estimate of drug-likeness (QED) is 0.681. The molecule has 2 aromatic heterocycles. The Labute approximate surface area is 165 Å². The second-order valence-corrected chi connectivity index (χ2v) is 6.88. The number of carbonyl (C=O) groups excluding carboxylic acids is 1. The van der Waals surface area contributed by atoms with Crippen molar-refractivity contribution in [3.05, 3.63) is 42.1 Å². The number of nitrogens with zero attached hydrogens (tertiary/aromatic N) is 4. The average molecular weight is 381 g/mol. The van der Waals surface area contributed by atoms with E-state index in [1.165, 1.54) is 0 Å². The Morgan fingerprint density at radius 2 is 2.00 bits per heavy atom. The van der Waals surface area contributed by atoms with E-state index >= 15 is 0 Å². The minimum atomic E-state index is 0.0755. The molecule has 0 radical (unpaired) electrons. The predicted octanol–water partition coefficient (Wildman–Crippen LogP) is 3.30. The molecular weight excluding hydrogens is 354 g/mol. The van der Waals surface area contributed by atoms with Crippen molar-refractivity contribution in [2.45, 2.75) is 33.2 Å². The van der Waals surface area contributed by atoms with Gasteiger partial charge in [0.1, 0.15) is 23.0 Å². The van der Waals surface area contributed by atoms with Crippen molar-refractivity contribution in [1.29, 1.82) is 0 Å². The van der Waals surface area contributed by atoms with E-state index in [0.29, 0.717) is 13.0 Å². The fourth-order valence-corrected chi connectivity index (χ4v) is 3.20. The van der Waals surface area contributed by atoms with E-state index in [1.54, 1.807) is 32.4 Å². The highest BCUT2D eigenvalue weighted by Crippen LogP contribution is 2.36. The van der Waals surface area contributed by atoms with E-state index in [0.717, 1.165) is 46.3 Å². The van der Waals surface area contributed by atoms with E-state index in [2.05, 4.69) is 16.9 Å². The predicted molar refractivity (Wildman–Crippen MR) is 109 cm³/mol. The van der Waals surface area contributed by atoms with Crippen molar-refractivity contribution in [3.63, 3.8) is 0 Å². The molecule has 0 fully saturated rings. The van der Waals surface area contributed by atoms with Crippen LogP contribution in [0.15, 0.2) is 30.6 Å². The van der Waals surface area contributed by atoms with Gasteiger partial charge in [0.05, 0.1) is 19.1 Å². The number of aromatic amines is 1. The third-order valence-electron chi connectivity index (χ3n) is 4.76. The summed E-state index contributed by atoms with van der Waals surface area (Å²) in [7, 11) is 5.19. The molecule has 3 rings (SSSR count). The van der Waals surface area contributed by atoms with Crippen molar-refractivity contribution in [2.24, 2.45) is 0 Å². The summed E-state index contributed by atoms with van der Waals surface area (Å²) < 4.78 is 7.55. The van der Waals surface area contributed by atoms with Gasteiger partial charge in [0.25, 0.3) is 0 Å². The van der Waals surface area contributed by atoms with Gasteiger partial charge >= 0.3 is 0 Å². The van der Waals surface area contributed by atoms with Gasteiger partial charge in [0.15, 0.2) is 0 Å². The molecule has 0 aliphatic heterocycles. The molecule has 2 heterocycles. The monoisotopic (exact) mass is 381 g/mol. The van der Waals surface area contributed by atoms with Crippen LogP contribution < -0.4 is 4.74 Å². The SMILES string of the molecule is CCc1nc(-c2c(-c3ccccc3OC)ncn2CCC(=O)N(C)C)c(C)[nH]1. The molecule has 7 nitrogen and oxygen atoms in total. The van der Waals surface area contributed by atoms with Crippen molar-refractivity contribution in [2.75, 3.05) is 21.2 Å². The second-order valence-electron chi connectivity index (χ2n) is 6.88. The van der Waals surface area contributed by atoms with E-state index < -0.39 is 0 Å². The first kappa shape index (κ1) is 19.7. The van der Waals surface area contributed by atoms with Crippen LogP contribution in [0.5, 0.6) is 5.75 Å². The highest BCUT2D eigenvalue weighted by atomic mass is 16.5. The summed E-state index contributed by atoms with van der Waals surface area (Å²) in [6, 6.07) is 7.81. The van der Waals surface area contributed by atoms with Gasteiger partial charge in [-0.2, -0.15) is 0 Å². The number of imidazole rings is 2. The van der Waals surface area contributed by atoms with Crippen molar-refractivity contribution in [1.82, 2.24) is 24.4 Å². The summed E-state index contributed by atoms with van der Waals surface area (Å²) in [4.78, 5) is 26.5. The number of carbonyl (C=O) groups is 1. The molecule has 7 heteroatoms. The molecule has 0 atom stereocenters. The van der Waals surface area contributed by atoms with Crippen LogP contribution in [0.2, 0.25) is 0 Å². The highest BCUT2D eigenvalue weighted by Gasteiger charge is 2.22. The van der Waals surface area contributed by atoms with E-state index in [1.807, 2.05) is 35.8 Å². The molecule has 148 valence electrons. The van der Waals surface area contributed by atoms with Crippen LogP contribution in [-0.2, 0) is 17.8 Å². The summed E-state index contributed by atoms with van der Waals surface area (Å²) >= 11 is 0. The number of amides is 1. The zero-order valence-corrected chi connectivity index (χ0v) is 17.1. The van der Waals surface area contributed by atoms with Crippen LogP contribution in [0.1, 0.15) is 24.9 Å². The molecular formula is C21H27N5O2. The van der Waals surface area contributed by atoms with Gasteiger partial charge in [0.2, 0.25) is 5.91 Å². The molecule has 28 heavy (non-hydrogen) atoms. The van der Waals surface area contributed by atoms with Crippen LogP contribution in [0.4, 0.5) is 0 Å². The van der Waals surface area contributed by atoms with E-state index in [4.69, 9.17) is 9.72 Å². The Bertz CT molecular complexity index is 971. The Hall–Kier alpha value is -3.09. The molecule has 3 aromatic rings. The lowest BCUT2D eigenvalue weighted by Gasteiger charge is -2.13. The van der Waals surface area contributed by atoms with E-state index in [-0.39, 0.29) is 5.91 Å². The molecule has 0 bridgehead atoms. The zero-order valence-electron chi connectivity index (χ0n) is 17.1. The largest absolute Gasteiger partial charge is 0.496 e. The zero-order chi connectivity index (χ0) is 20.3. The number of para-hydroxylation sites is 1. The number of aromatic nitrogens is 4. The number of hydrogen-bond acceptors (Lipinski definition) is 4. The maximum absolute atomic E-state index is 12.1. The molecule has 0 saturated heterocycles. The van der Waals surface area contributed by atoms with Crippen LogP contribution in [-0.4, -0.2) is 51.5 Å². The third kappa shape index (κ3) is 3.78. The normalized spacial score (nSPS) is 10.9. The number of aryl methyl sites for hydroxylation is 3. The molecule has 1 N–H and O–H groups in total. The number of ether oxygens (including phenoxy) is 1. The summed E-state index contributed by atoms with van der Waals surface area (Å²) in [6.45, 7) is 4.61. The van der Waals surface area contributed by atoms with Gasteiger partial charge in [-0.1, -0.05) is 19.1 Å². The number of benzene rings is 1. The first-order valence-electron chi connectivity index (χ1n) is 9.40. The summed E-state index contributed by atoms with van der Waals surface area (Å²) in [6.07, 6.45) is 2.99. The van der Waals surface area contributed by atoms with Crippen LogP contribution in [0.25, 0.3) is 22.6 Å². The number of rotatable bonds is 7. The number of hydrogen-bond donors (Lipinski definition) is 1. The summed E-state index contributed by atoms with van der Waals surface area (Å²) in [5.41, 5.74) is 4.43. The van der Waals surface area contributed by atoms with E-state index in [9.17, 15) is 4.79 Å². The Balaban J connectivity index is 2.12. The number of nitrogens with one attached hydrogen (secondary N) is 1. The van der Waals surface area contributed by atoms with Crippen molar-refractivity contribution >= 4 is 5.91 Å². The maximum atomic E-state index is 12.1. The van der Waals surface area contributed by atoms with Gasteiger partial charge < -0.3 is 19.2 Å². The van der Waals surface area contributed by atoms with Gasteiger partial charge in [0, 0.05) is 44.7 Å². The Morgan fingerprint density at radius 1 is 1.25 bits per heavy atom. The molecule has 0 aliphatic carbocycles. The fraction of sp³-hybridized carbons (Fsp3) is 0.381. The standard InChI is InChI=1S/C21H27N5O2/c1-6-17-23-14(2)19(24-17)21-20(15-9-7-8-10-16(15)28-5)22-13-26(21)12-11-18(27)25(3)4/h7-10,13H,6,11-12H2,1-5H3,(H,23,24). The van der Waals surface area contributed by atoms with Gasteiger partial charge in [-0.15, -0.1) is 0 Å². The fourth-order valence-electron chi connectivity index (χ4n) is 3.20. The minimum absolute atomic E-state index is 0.0755. The molecule has 0 unspecified atom stereocenters.